The van der Waals surface area contributed by atoms with Gasteiger partial charge in [-0.05, 0) is 30.9 Å². The number of hydrogen-bond acceptors (Lipinski definition) is 2. The van der Waals surface area contributed by atoms with E-state index in [1.807, 2.05) is 6.07 Å². The molecule has 2 aromatic rings. The Hall–Kier alpha value is -1.68. The maximum atomic E-state index is 13.3. The van der Waals surface area contributed by atoms with Crippen LogP contribution in [0.15, 0.2) is 30.5 Å². The second kappa shape index (κ2) is 5.75. The standard InChI is InChI=1S/C16H20FN3/c17-13-8-4-7-12(9-13)14-10-19-16(20-14)15(18)11-5-2-1-3-6-11/h4,7-11,15H,1-3,5-6,18H2,(H,19,20). The molecule has 0 radical (unpaired) electrons. The first kappa shape index (κ1) is 13.3. The van der Waals surface area contributed by atoms with Gasteiger partial charge in [-0.1, -0.05) is 31.4 Å². The van der Waals surface area contributed by atoms with Crippen molar-refractivity contribution >= 4 is 0 Å². The average molecular weight is 273 g/mol. The van der Waals surface area contributed by atoms with Crippen molar-refractivity contribution in [3.05, 3.63) is 42.1 Å². The molecule has 3 N–H and O–H groups in total. The second-order valence-electron chi connectivity index (χ2n) is 5.62. The highest BCUT2D eigenvalue weighted by Gasteiger charge is 2.24. The number of nitrogens with one attached hydrogen (secondary N) is 1. The van der Waals surface area contributed by atoms with Gasteiger partial charge in [-0.3, -0.25) is 0 Å². The predicted molar refractivity (Wildman–Crippen MR) is 77.5 cm³/mol. The molecule has 1 aromatic heterocycles. The molecule has 0 saturated heterocycles. The first-order chi connectivity index (χ1) is 9.74. The molecule has 1 aromatic carbocycles. The van der Waals surface area contributed by atoms with E-state index in [1.165, 1.54) is 44.2 Å². The van der Waals surface area contributed by atoms with Gasteiger partial charge in [0.2, 0.25) is 0 Å². The SMILES string of the molecule is NC(c1ncc(-c2cccc(F)c2)[nH]1)C1CCCCC1. The van der Waals surface area contributed by atoms with E-state index in [0.29, 0.717) is 5.92 Å². The fraction of sp³-hybridized carbons (Fsp3) is 0.438. The number of nitrogens with two attached hydrogens (primary N) is 1. The number of nitrogens with zero attached hydrogens (tertiary/aromatic N) is 1. The molecule has 1 heterocycles. The Morgan fingerprint density at radius 2 is 2.05 bits per heavy atom. The number of H-pyrrole nitrogens is 1. The van der Waals surface area contributed by atoms with Crippen LogP contribution in [0.4, 0.5) is 4.39 Å². The van der Waals surface area contributed by atoms with Gasteiger partial charge in [0.1, 0.15) is 11.6 Å². The number of benzene rings is 1. The van der Waals surface area contributed by atoms with Crippen molar-refractivity contribution in [1.82, 2.24) is 9.97 Å². The van der Waals surface area contributed by atoms with Crippen molar-refractivity contribution in [3.8, 4) is 11.3 Å². The number of aromatic nitrogens is 2. The Bertz CT molecular complexity index is 573. The largest absolute Gasteiger partial charge is 0.341 e. The summed E-state index contributed by atoms with van der Waals surface area (Å²) in [6, 6.07) is 6.47. The zero-order chi connectivity index (χ0) is 13.9. The van der Waals surface area contributed by atoms with Crippen molar-refractivity contribution < 1.29 is 4.39 Å². The van der Waals surface area contributed by atoms with Crippen LogP contribution in [0.1, 0.15) is 44.0 Å². The molecule has 4 heteroatoms. The molecule has 20 heavy (non-hydrogen) atoms. The fourth-order valence-corrected chi connectivity index (χ4v) is 3.03. The van der Waals surface area contributed by atoms with Crippen LogP contribution >= 0.6 is 0 Å². The van der Waals surface area contributed by atoms with Crippen LogP contribution in [0.2, 0.25) is 0 Å². The highest BCUT2D eigenvalue weighted by Crippen LogP contribution is 2.32. The summed E-state index contributed by atoms with van der Waals surface area (Å²) in [5.41, 5.74) is 7.95. The summed E-state index contributed by atoms with van der Waals surface area (Å²) in [7, 11) is 0. The Kier molecular flexibility index (Phi) is 3.83. The van der Waals surface area contributed by atoms with Gasteiger partial charge in [0.05, 0.1) is 17.9 Å². The number of rotatable bonds is 3. The molecule has 0 amide bonds. The minimum atomic E-state index is -0.241. The summed E-state index contributed by atoms with van der Waals surface area (Å²) >= 11 is 0. The Morgan fingerprint density at radius 3 is 2.80 bits per heavy atom. The van der Waals surface area contributed by atoms with E-state index in [0.717, 1.165) is 17.1 Å². The van der Waals surface area contributed by atoms with Gasteiger partial charge in [0.25, 0.3) is 0 Å². The Labute approximate surface area is 118 Å². The monoisotopic (exact) mass is 273 g/mol. The first-order valence-corrected chi connectivity index (χ1v) is 7.30. The molecule has 1 saturated carbocycles. The number of hydrogen-bond donors (Lipinski definition) is 2. The van der Waals surface area contributed by atoms with Crippen molar-refractivity contribution in [2.24, 2.45) is 11.7 Å². The van der Waals surface area contributed by atoms with Gasteiger partial charge in [-0.15, -0.1) is 0 Å². The average Bonchev–Trinajstić information content (AvgIpc) is 2.97. The normalized spacial score (nSPS) is 18.1. The quantitative estimate of drug-likeness (QED) is 0.893. The summed E-state index contributed by atoms with van der Waals surface area (Å²) < 4.78 is 13.3. The summed E-state index contributed by atoms with van der Waals surface area (Å²) in [6.45, 7) is 0. The lowest BCUT2D eigenvalue weighted by Crippen LogP contribution is -2.24. The molecule has 106 valence electrons. The summed E-state index contributed by atoms with van der Waals surface area (Å²) in [5, 5.41) is 0. The van der Waals surface area contributed by atoms with E-state index in [-0.39, 0.29) is 11.9 Å². The van der Waals surface area contributed by atoms with Crippen LogP contribution < -0.4 is 5.73 Å². The number of imidazole rings is 1. The van der Waals surface area contributed by atoms with Crippen LogP contribution in [0.3, 0.4) is 0 Å². The van der Waals surface area contributed by atoms with Crippen LogP contribution in [0, 0.1) is 11.7 Å². The zero-order valence-electron chi connectivity index (χ0n) is 11.5. The molecule has 3 rings (SSSR count). The van der Waals surface area contributed by atoms with E-state index in [9.17, 15) is 4.39 Å². The van der Waals surface area contributed by atoms with E-state index < -0.39 is 0 Å². The Morgan fingerprint density at radius 1 is 1.25 bits per heavy atom. The molecular formula is C16H20FN3. The van der Waals surface area contributed by atoms with Crippen LogP contribution in [-0.4, -0.2) is 9.97 Å². The van der Waals surface area contributed by atoms with Crippen LogP contribution in [0.25, 0.3) is 11.3 Å². The van der Waals surface area contributed by atoms with Crippen molar-refractivity contribution in [2.45, 2.75) is 38.1 Å². The molecule has 1 aliphatic rings. The minimum Gasteiger partial charge on any atom is -0.341 e. The van der Waals surface area contributed by atoms with E-state index in [2.05, 4.69) is 9.97 Å². The molecule has 1 aliphatic carbocycles. The van der Waals surface area contributed by atoms with Crippen molar-refractivity contribution in [1.29, 1.82) is 0 Å². The molecule has 0 bridgehead atoms. The third-order valence-electron chi connectivity index (χ3n) is 4.20. The molecule has 1 unspecified atom stereocenters. The van der Waals surface area contributed by atoms with E-state index in [1.54, 1.807) is 12.3 Å². The molecular weight excluding hydrogens is 253 g/mol. The van der Waals surface area contributed by atoms with Gasteiger partial charge in [-0.25, -0.2) is 9.37 Å². The lowest BCUT2D eigenvalue weighted by atomic mass is 9.84. The topological polar surface area (TPSA) is 54.7 Å². The zero-order valence-corrected chi connectivity index (χ0v) is 11.5. The van der Waals surface area contributed by atoms with Gasteiger partial charge in [0, 0.05) is 5.56 Å². The number of halogens is 1. The van der Waals surface area contributed by atoms with Crippen LogP contribution in [-0.2, 0) is 0 Å². The maximum absolute atomic E-state index is 13.3. The maximum Gasteiger partial charge on any atom is 0.123 e. The highest BCUT2D eigenvalue weighted by molar-refractivity contribution is 5.58. The summed E-state index contributed by atoms with van der Waals surface area (Å²) in [4.78, 5) is 7.65. The van der Waals surface area contributed by atoms with Crippen LogP contribution in [0.5, 0.6) is 0 Å². The fourth-order valence-electron chi connectivity index (χ4n) is 3.03. The van der Waals surface area contributed by atoms with Gasteiger partial charge >= 0.3 is 0 Å². The third kappa shape index (κ3) is 2.75. The van der Waals surface area contributed by atoms with Gasteiger partial charge < -0.3 is 10.7 Å². The Balaban J connectivity index is 1.79. The summed E-state index contributed by atoms with van der Waals surface area (Å²) in [6.07, 6.45) is 7.93. The summed E-state index contributed by atoms with van der Waals surface area (Å²) in [5.74, 6) is 1.08. The molecule has 1 fully saturated rings. The third-order valence-corrected chi connectivity index (χ3v) is 4.20. The predicted octanol–water partition coefficient (Wildman–Crippen LogP) is 3.80. The lowest BCUT2D eigenvalue weighted by molar-refractivity contribution is 0.302. The first-order valence-electron chi connectivity index (χ1n) is 7.30. The van der Waals surface area contributed by atoms with Gasteiger partial charge in [0.15, 0.2) is 0 Å². The van der Waals surface area contributed by atoms with E-state index in [4.69, 9.17) is 5.73 Å². The molecule has 3 nitrogen and oxygen atoms in total. The van der Waals surface area contributed by atoms with Gasteiger partial charge in [-0.2, -0.15) is 0 Å². The van der Waals surface area contributed by atoms with Crippen molar-refractivity contribution in [3.63, 3.8) is 0 Å². The molecule has 0 aliphatic heterocycles. The van der Waals surface area contributed by atoms with Crippen molar-refractivity contribution in [2.75, 3.05) is 0 Å². The molecule has 0 spiro atoms. The second-order valence-corrected chi connectivity index (χ2v) is 5.62. The smallest absolute Gasteiger partial charge is 0.123 e. The highest BCUT2D eigenvalue weighted by atomic mass is 19.1. The molecule has 1 atom stereocenters. The van der Waals surface area contributed by atoms with E-state index >= 15 is 0 Å². The minimum absolute atomic E-state index is 0.0439. The number of aromatic amines is 1. The lowest BCUT2D eigenvalue weighted by Gasteiger charge is -2.26.